The lowest BCUT2D eigenvalue weighted by molar-refractivity contribution is -0.113. The molecule has 0 fully saturated rings. The second kappa shape index (κ2) is 13.7. The average molecular weight is 607 g/mol. The summed E-state index contributed by atoms with van der Waals surface area (Å²) in [4.78, 5) is 40.1. The second-order valence-corrected chi connectivity index (χ2v) is 10.5. The molecule has 0 radical (unpaired) electrons. The molecule has 2 aliphatic rings. The maximum absolute atomic E-state index is 13.6. The van der Waals surface area contributed by atoms with Gasteiger partial charge in [-0.15, -0.1) is 12.8 Å². The van der Waals surface area contributed by atoms with Crippen LogP contribution in [-0.4, -0.2) is 49.5 Å². The van der Waals surface area contributed by atoms with E-state index in [2.05, 4.69) is 21.8 Å². The van der Waals surface area contributed by atoms with E-state index in [0.717, 1.165) is 22.5 Å². The predicted molar refractivity (Wildman–Crippen MR) is 181 cm³/mol. The maximum Gasteiger partial charge on any atom is 0.277 e. The van der Waals surface area contributed by atoms with Crippen LogP contribution in [0, 0.1) is 24.7 Å². The van der Waals surface area contributed by atoms with E-state index in [1.54, 1.807) is 58.3 Å². The zero-order valence-corrected chi connectivity index (χ0v) is 25.1. The largest absolute Gasteiger partial charge is 0.481 e. The van der Waals surface area contributed by atoms with Crippen LogP contribution in [0.3, 0.4) is 0 Å². The number of anilines is 2. The molecule has 0 aliphatic carbocycles. The number of unbranched alkanes of at least 4 members (excludes halogenated alkanes) is 1. The SMILES string of the molecule is C#CCOc1ccc(N=C2C(=O)N(CCCCN3C(=O)C(=Nc4ccc(OCC#C)cc4)c4ccccc43)c3ccccc32)cc1. The van der Waals surface area contributed by atoms with E-state index < -0.39 is 0 Å². The van der Waals surface area contributed by atoms with E-state index in [-0.39, 0.29) is 25.0 Å². The first kappa shape index (κ1) is 29.9. The van der Waals surface area contributed by atoms with Crippen LogP contribution in [0.2, 0.25) is 0 Å². The summed E-state index contributed by atoms with van der Waals surface area (Å²) < 4.78 is 10.9. The van der Waals surface area contributed by atoms with Crippen LogP contribution in [0.15, 0.2) is 107 Å². The number of aliphatic imine (C=N–C) groups is 2. The number of para-hydroxylation sites is 2. The van der Waals surface area contributed by atoms with Crippen LogP contribution in [0.25, 0.3) is 0 Å². The summed E-state index contributed by atoms with van der Waals surface area (Å²) in [6.45, 7) is 1.35. The number of ether oxygens (including phenoxy) is 2. The van der Waals surface area contributed by atoms with E-state index in [4.69, 9.17) is 22.3 Å². The number of nitrogens with zero attached hydrogens (tertiary/aromatic N) is 4. The van der Waals surface area contributed by atoms with Gasteiger partial charge in [0.1, 0.15) is 36.1 Å². The average Bonchev–Trinajstić information content (AvgIpc) is 3.51. The molecule has 0 atom stereocenters. The molecule has 0 bridgehead atoms. The van der Waals surface area contributed by atoms with Crippen molar-refractivity contribution in [3.05, 3.63) is 108 Å². The van der Waals surface area contributed by atoms with Crippen molar-refractivity contribution in [2.75, 3.05) is 36.1 Å². The quantitative estimate of drug-likeness (QED) is 0.152. The molecule has 0 N–H and O–H groups in total. The lowest BCUT2D eigenvalue weighted by atomic mass is 10.1. The van der Waals surface area contributed by atoms with Gasteiger partial charge in [-0.05, 0) is 73.5 Å². The minimum Gasteiger partial charge on any atom is -0.481 e. The highest BCUT2D eigenvalue weighted by molar-refractivity contribution is 6.55. The van der Waals surface area contributed by atoms with Gasteiger partial charge in [0.25, 0.3) is 11.8 Å². The van der Waals surface area contributed by atoms with Crippen molar-refractivity contribution in [2.45, 2.75) is 12.8 Å². The van der Waals surface area contributed by atoms with E-state index >= 15 is 0 Å². The summed E-state index contributed by atoms with van der Waals surface area (Å²) in [5.74, 6) is 5.85. The first-order valence-electron chi connectivity index (χ1n) is 14.9. The van der Waals surface area contributed by atoms with Gasteiger partial charge in [-0.25, -0.2) is 9.98 Å². The normalized spacial score (nSPS) is 15.1. The van der Waals surface area contributed by atoms with Crippen molar-refractivity contribution < 1.29 is 19.1 Å². The van der Waals surface area contributed by atoms with E-state index in [9.17, 15) is 9.59 Å². The molecule has 6 rings (SSSR count). The molecule has 0 aromatic heterocycles. The third-order valence-corrected chi connectivity index (χ3v) is 7.61. The third kappa shape index (κ3) is 6.24. The number of carbonyl (C=O) groups is 2. The lowest BCUT2D eigenvalue weighted by Crippen LogP contribution is -2.33. The number of terminal acetylenes is 2. The minimum absolute atomic E-state index is 0.151. The van der Waals surface area contributed by atoms with Gasteiger partial charge >= 0.3 is 0 Å². The van der Waals surface area contributed by atoms with Crippen LogP contribution in [0.4, 0.5) is 22.7 Å². The Labute approximate surface area is 268 Å². The Bertz CT molecular complexity index is 1770. The van der Waals surface area contributed by atoms with Crippen LogP contribution < -0.4 is 19.3 Å². The van der Waals surface area contributed by atoms with E-state index in [0.29, 0.717) is 60.2 Å². The topological polar surface area (TPSA) is 83.8 Å². The van der Waals surface area contributed by atoms with Gasteiger partial charge in [0, 0.05) is 24.2 Å². The number of carbonyl (C=O) groups excluding carboxylic acids is 2. The molecule has 4 aromatic carbocycles. The van der Waals surface area contributed by atoms with Crippen molar-refractivity contribution in [3.63, 3.8) is 0 Å². The van der Waals surface area contributed by atoms with Crippen molar-refractivity contribution >= 4 is 46.0 Å². The van der Waals surface area contributed by atoms with E-state index in [1.807, 2.05) is 48.5 Å². The van der Waals surface area contributed by atoms with Crippen LogP contribution in [-0.2, 0) is 9.59 Å². The fraction of sp³-hybridized carbons (Fsp3) is 0.158. The highest BCUT2D eigenvalue weighted by atomic mass is 16.5. The van der Waals surface area contributed by atoms with Crippen LogP contribution in [0.5, 0.6) is 11.5 Å². The molecule has 0 spiro atoms. The van der Waals surface area contributed by atoms with Gasteiger partial charge in [-0.1, -0.05) is 48.2 Å². The molecule has 2 heterocycles. The number of hydrogen-bond acceptors (Lipinski definition) is 6. The Morgan fingerprint density at radius 3 is 1.35 bits per heavy atom. The van der Waals surface area contributed by atoms with Gasteiger partial charge in [-0.3, -0.25) is 9.59 Å². The molecule has 8 nitrogen and oxygen atoms in total. The van der Waals surface area contributed by atoms with Crippen LogP contribution in [0.1, 0.15) is 24.0 Å². The standard InChI is InChI=1S/C38H30N4O4/c1-3-25-45-29-19-15-27(16-20-29)39-35-31-11-5-7-13-33(31)41(37(35)43)23-9-10-24-42-34-14-8-6-12-32(34)36(38(42)44)40-28-17-21-30(22-18-28)46-26-4-2/h1-2,5-8,11-22H,9-10,23-26H2. The fourth-order valence-corrected chi connectivity index (χ4v) is 5.47. The third-order valence-electron chi connectivity index (χ3n) is 7.61. The zero-order chi connectivity index (χ0) is 31.9. The van der Waals surface area contributed by atoms with Crippen molar-refractivity contribution in [1.29, 1.82) is 0 Å². The number of hydrogen-bond donors (Lipinski definition) is 0. The molecule has 4 aromatic rings. The first-order valence-corrected chi connectivity index (χ1v) is 14.9. The van der Waals surface area contributed by atoms with Gasteiger partial charge < -0.3 is 19.3 Å². The summed E-state index contributed by atoms with van der Waals surface area (Å²) in [7, 11) is 0. The molecule has 0 unspecified atom stereocenters. The molecule has 2 amide bonds. The number of fused-ring (bicyclic) bond motifs is 2. The van der Waals surface area contributed by atoms with Gasteiger partial charge in [0.05, 0.1) is 22.7 Å². The zero-order valence-electron chi connectivity index (χ0n) is 25.1. The fourth-order valence-electron chi connectivity index (χ4n) is 5.47. The Kier molecular flexibility index (Phi) is 8.90. The molecular weight excluding hydrogens is 576 g/mol. The molecule has 226 valence electrons. The first-order chi connectivity index (χ1) is 22.6. The van der Waals surface area contributed by atoms with Crippen molar-refractivity contribution in [3.8, 4) is 36.2 Å². The number of rotatable bonds is 11. The molecule has 46 heavy (non-hydrogen) atoms. The molecule has 2 aliphatic heterocycles. The summed E-state index contributed by atoms with van der Waals surface area (Å²) in [5, 5.41) is 0. The smallest absolute Gasteiger partial charge is 0.277 e. The number of amides is 2. The molecule has 0 saturated carbocycles. The summed E-state index contributed by atoms with van der Waals surface area (Å²) >= 11 is 0. The second-order valence-electron chi connectivity index (χ2n) is 10.5. The van der Waals surface area contributed by atoms with Gasteiger partial charge in [0.2, 0.25) is 0 Å². The minimum atomic E-state index is -0.151. The lowest BCUT2D eigenvalue weighted by Gasteiger charge is -2.19. The van der Waals surface area contributed by atoms with Crippen molar-refractivity contribution in [1.82, 2.24) is 0 Å². The summed E-state index contributed by atoms with van der Waals surface area (Å²) in [5.41, 5.74) is 5.32. The highest BCUT2D eigenvalue weighted by Gasteiger charge is 2.35. The Morgan fingerprint density at radius 1 is 0.565 bits per heavy atom. The van der Waals surface area contributed by atoms with Gasteiger partial charge in [-0.2, -0.15) is 0 Å². The Morgan fingerprint density at radius 2 is 0.957 bits per heavy atom. The molecule has 8 heteroatoms. The highest BCUT2D eigenvalue weighted by Crippen LogP contribution is 2.33. The maximum atomic E-state index is 13.6. The Hall–Kier alpha value is -6.12. The predicted octanol–water partition coefficient (Wildman–Crippen LogP) is 6.13. The number of benzene rings is 4. The Balaban J connectivity index is 1.12. The van der Waals surface area contributed by atoms with Crippen molar-refractivity contribution in [2.24, 2.45) is 9.98 Å². The van der Waals surface area contributed by atoms with Crippen LogP contribution >= 0.6 is 0 Å². The monoisotopic (exact) mass is 606 g/mol. The van der Waals surface area contributed by atoms with E-state index in [1.165, 1.54) is 0 Å². The van der Waals surface area contributed by atoms with Gasteiger partial charge in [0.15, 0.2) is 0 Å². The molecule has 0 saturated heterocycles. The molecular formula is C38H30N4O4. The summed E-state index contributed by atoms with van der Waals surface area (Å²) in [6, 6.07) is 29.6. The summed E-state index contributed by atoms with van der Waals surface area (Å²) in [6.07, 6.45) is 11.9.